The van der Waals surface area contributed by atoms with Crippen LogP contribution in [0.4, 0.5) is 5.69 Å². The van der Waals surface area contributed by atoms with Crippen molar-refractivity contribution in [1.82, 2.24) is 5.32 Å². The number of rotatable bonds is 6. The third-order valence-corrected chi connectivity index (χ3v) is 4.33. The normalized spacial score (nSPS) is 14.6. The lowest BCUT2D eigenvalue weighted by molar-refractivity contribution is -0.119. The highest BCUT2D eigenvalue weighted by atomic mass is 16.1. The van der Waals surface area contributed by atoms with Crippen molar-refractivity contribution in [3.05, 3.63) is 65.7 Å². The van der Waals surface area contributed by atoms with Crippen LogP contribution in [0.5, 0.6) is 0 Å². The molecule has 0 atom stereocenters. The van der Waals surface area contributed by atoms with E-state index in [1.165, 1.54) is 5.56 Å². The molecule has 2 aromatic carbocycles. The molecule has 0 aromatic heterocycles. The van der Waals surface area contributed by atoms with Gasteiger partial charge in [-0.1, -0.05) is 30.3 Å². The van der Waals surface area contributed by atoms with Gasteiger partial charge in [0.15, 0.2) is 0 Å². The first-order valence-electron chi connectivity index (χ1n) is 7.78. The van der Waals surface area contributed by atoms with Gasteiger partial charge in [0, 0.05) is 17.6 Å². The van der Waals surface area contributed by atoms with E-state index in [0.29, 0.717) is 12.1 Å². The SMILES string of the molecule is N#Cc1ccc(NCC(=O)NCC2(c3ccccc3)CC2)cc1. The Balaban J connectivity index is 1.47. The van der Waals surface area contributed by atoms with Crippen molar-refractivity contribution < 1.29 is 4.79 Å². The number of anilines is 1. The summed E-state index contributed by atoms with van der Waals surface area (Å²) in [4.78, 5) is 12.0. The highest BCUT2D eigenvalue weighted by Crippen LogP contribution is 2.47. The average Bonchev–Trinajstić information content (AvgIpc) is 3.41. The zero-order valence-corrected chi connectivity index (χ0v) is 12.9. The summed E-state index contributed by atoms with van der Waals surface area (Å²) in [6, 6.07) is 19.5. The van der Waals surface area contributed by atoms with Gasteiger partial charge in [0.2, 0.25) is 5.91 Å². The van der Waals surface area contributed by atoms with Crippen LogP contribution in [0.1, 0.15) is 24.0 Å². The first-order chi connectivity index (χ1) is 11.2. The van der Waals surface area contributed by atoms with Crippen LogP contribution in [-0.4, -0.2) is 19.0 Å². The molecule has 4 nitrogen and oxygen atoms in total. The number of carbonyl (C=O) groups is 1. The minimum absolute atomic E-state index is 0.0171. The van der Waals surface area contributed by atoms with Crippen LogP contribution in [0.25, 0.3) is 0 Å². The zero-order valence-electron chi connectivity index (χ0n) is 12.9. The molecule has 0 heterocycles. The van der Waals surface area contributed by atoms with E-state index >= 15 is 0 Å². The van der Waals surface area contributed by atoms with E-state index in [1.807, 2.05) is 18.2 Å². The van der Waals surface area contributed by atoms with Crippen LogP contribution in [0.15, 0.2) is 54.6 Å². The molecule has 1 aliphatic carbocycles. The Hall–Kier alpha value is -2.80. The van der Waals surface area contributed by atoms with E-state index in [4.69, 9.17) is 5.26 Å². The number of nitrogens with zero attached hydrogens (tertiary/aromatic N) is 1. The van der Waals surface area contributed by atoms with Crippen LogP contribution in [-0.2, 0) is 10.2 Å². The molecule has 1 aliphatic rings. The van der Waals surface area contributed by atoms with Gasteiger partial charge in [0.05, 0.1) is 18.2 Å². The summed E-state index contributed by atoms with van der Waals surface area (Å²) in [5.41, 5.74) is 2.88. The van der Waals surface area contributed by atoms with Crippen molar-refractivity contribution in [1.29, 1.82) is 5.26 Å². The topological polar surface area (TPSA) is 64.9 Å². The van der Waals surface area contributed by atoms with Crippen LogP contribution in [0.2, 0.25) is 0 Å². The van der Waals surface area contributed by atoms with Crippen molar-refractivity contribution >= 4 is 11.6 Å². The van der Waals surface area contributed by atoms with E-state index in [9.17, 15) is 4.79 Å². The second-order valence-electron chi connectivity index (χ2n) is 5.97. The van der Waals surface area contributed by atoms with Gasteiger partial charge in [-0.05, 0) is 42.7 Å². The van der Waals surface area contributed by atoms with Crippen LogP contribution in [0, 0.1) is 11.3 Å². The van der Waals surface area contributed by atoms with Crippen molar-refractivity contribution in [2.45, 2.75) is 18.3 Å². The first-order valence-corrected chi connectivity index (χ1v) is 7.78. The van der Waals surface area contributed by atoms with E-state index in [2.05, 4.69) is 28.8 Å². The van der Waals surface area contributed by atoms with E-state index in [-0.39, 0.29) is 17.9 Å². The average molecular weight is 305 g/mol. The van der Waals surface area contributed by atoms with E-state index < -0.39 is 0 Å². The third-order valence-electron chi connectivity index (χ3n) is 4.33. The van der Waals surface area contributed by atoms with Gasteiger partial charge in [-0.25, -0.2) is 0 Å². The standard InChI is InChI=1S/C19H19N3O/c20-12-15-6-8-17(9-7-15)21-13-18(23)22-14-19(10-11-19)16-4-2-1-3-5-16/h1-9,21H,10-11,13-14H2,(H,22,23). The number of nitrogens with one attached hydrogen (secondary N) is 2. The first kappa shape index (κ1) is 15.1. The molecule has 0 spiro atoms. The monoisotopic (exact) mass is 305 g/mol. The Morgan fingerprint density at radius 1 is 1.09 bits per heavy atom. The fraction of sp³-hybridized carbons (Fsp3) is 0.263. The maximum Gasteiger partial charge on any atom is 0.239 e. The molecule has 3 rings (SSSR count). The number of hydrogen-bond donors (Lipinski definition) is 2. The molecular formula is C19H19N3O. The predicted octanol–water partition coefficient (Wildman–Crippen LogP) is 2.82. The molecule has 0 saturated heterocycles. The second kappa shape index (κ2) is 6.53. The molecule has 1 fully saturated rings. The molecule has 4 heteroatoms. The van der Waals surface area contributed by atoms with Crippen molar-refractivity contribution in [2.75, 3.05) is 18.4 Å². The lowest BCUT2D eigenvalue weighted by Gasteiger charge is -2.17. The number of amides is 1. The fourth-order valence-electron chi connectivity index (χ4n) is 2.69. The maximum atomic E-state index is 12.0. The molecule has 116 valence electrons. The minimum Gasteiger partial charge on any atom is -0.376 e. The Labute approximate surface area is 136 Å². The summed E-state index contributed by atoms with van der Waals surface area (Å²) < 4.78 is 0. The van der Waals surface area contributed by atoms with Crippen molar-refractivity contribution in [3.63, 3.8) is 0 Å². The summed E-state index contributed by atoms with van der Waals surface area (Å²) in [6.07, 6.45) is 2.25. The Kier molecular flexibility index (Phi) is 4.29. The summed E-state index contributed by atoms with van der Waals surface area (Å²) in [7, 11) is 0. The Morgan fingerprint density at radius 3 is 2.39 bits per heavy atom. The Bertz CT molecular complexity index is 713. The quantitative estimate of drug-likeness (QED) is 0.862. The van der Waals surface area contributed by atoms with Crippen LogP contribution < -0.4 is 10.6 Å². The highest BCUT2D eigenvalue weighted by Gasteiger charge is 2.44. The number of nitriles is 1. The molecule has 2 aromatic rings. The van der Waals surface area contributed by atoms with Gasteiger partial charge in [-0.15, -0.1) is 0 Å². The van der Waals surface area contributed by atoms with Crippen LogP contribution in [0.3, 0.4) is 0 Å². The highest BCUT2D eigenvalue weighted by molar-refractivity contribution is 5.80. The molecule has 0 unspecified atom stereocenters. The lowest BCUT2D eigenvalue weighted by atomic mass is 9.96. The summed E-state index contributed by atoms with van der Waals surface area (Å²) in [6.45, 7) is 0.918. The van der Waals surface area contributed by atoms with Gasteiger partial charge >= 0.3 is 0 Å². The van der Waals surface area contributed by atoms with Crippen LogP contribution >= 0.6 is 0 Å². The molecule has 2 N–H and O–H groups in total. The molecular weight excluding hydrogens is 286 g/mol. The van der Waals surface area contributed by atoms with Gasteiger partial charge in [0.1, 0.15) is 0 Å². The number of hydrogen-bond acceptors (Lipinski definition) is 3. The van der Waals surface area contributed by atoms with Crippen molar-refractivity contribution in [2.24, 2.45) is 0 Å². The molecule has 0 radical (unpaired) electrons. The van der Waals surface area contributed by atoms with Crippen molar-refractivity contribution in [3.8, 4) is 6.07 Å². The summed E-state index contributed by atoms with van der Waals surface area (Å²) in [5, 5.41) is 14.9. The molecule has 1 saturated carbocycles. The molecule has 0 aliphatic heterocycles. The van der Waals surface area contributed by atoms with Gasteiger partial charge in [0.25, 0.3) is 0 Å². The summed E-state index contributed by atoms with van der Waals surface area (Å²) in [5.74, 6) is -0.0171. The van der Waals surface area contributed by atoms with E-state index in [1.54, 1.807) is 24.3 Å². The van der Waals surface area contributed by atoms with Gasteiger partial charge in [-0.3, -0.25) is 4.79 Å². The minimum atomic E-state index is -0.0171. The second-order valence-corrected chi connectivity index (χ2v) is 5.97. The van der Waals surface area contributed by atoms with Gasteiger partial charge in [-0.2, -0.15) is 5.26 Å². The third kappa shape index (κ3) is 3.70. The Morgan fingerprint density at radius 2 is 1.78 bits per heavy atom. The zero-order chi connectivity index (χ0) is 16.1. The largest absolute Gasteiger partial charge is 0.376 e. The number of benzene rings is 2. The lowest BCUT2D eigenvalue weighted by Crippen LogP contribution is -2.35. The number of carbonyl (C=O) groups excluding carboxylic acids is 1. The fourth-order valence-corrected chi connectivity index (χ4v) is 2.69. The van der Waals surface area contributed by atoms with Gasteiger partial charge < -0.3 is 10.6 Å². The molecule has 23 heavy (non-hydrogen) atoms. The molecule has 1 amide bonds. The maximum absolute atomic E-state index is 12.0. The van der Waals surface area contributed by atoms with E-state index in [0.717, 1.165) is 18.5 Å². The smallest absolute Gasteiger partial charge is 0.239 e. The summed E-state index contributed by atoms with van der Waals surface area (Å²) >= 11 is 0. The molecule has 0 bridgehead atoms. The predicted molar refractivity (Wildman–Crippen MR) is 90.0 cm³/mol.